The second kappa shape index (κ2) is 8.72. The fourth-order valence-corrected chi connectivity index (χ4v) is 5.95. The number of fused-ring (bicyclic) bond motifs is 1. The summed E-state index contributed by atoms with van der Waals surface area (Å²) in [7, 11) is -3.63. The zero-order chi connectivity index (χ0) is 23.0. The van der Waals surface area contributed by atoms with E-state index in [9.17, 15) is 17.6 Å². The van der Waals surface area contributed by atoms with Crippen molar-refractivity contribution in [2.24, 2.45) is 0 Å². The van der Waals surface area contributed by atoms with Gasteiger partial charge in [0, 0.05) is 32.2 Å². The van der Waals surface area contributed by atoms with Crippen molar-refractivity contribution in [1.82, 2.24) is 14.4 Å². The van der Waals surface area contributed by atoms with Crippen molar-refractivity contribution in [2.45, 2.75) is 30.6 Å². The minimum Gasteiger partial charge on any atom is -0.355 e. The number of nitrogens with zero attached hydrogens (tertiary/aromatic N) is 3. The van der Waals surface area contributed by atoms with E-state index in [2.05, 4.69) is 5.16 Å². The SMILES string of the molecule is O=C(c1cc(-c2ccccc2F)on1)N1CCN(S(=O)(=O)c2ccc3c(c2)CCCC3)CC1. The van der Waals surface area contributed by atoms with Crippen LogP contribution in [0.5, 0.6) is 0 Å². The van der Waals surface area contributed by atoms with Crippen LogP contribution >= 0.6 is 0 Å². The van der Waals surface area contributed by atoms with Gasteiger partial charge < -0.3 is 9.42 Å². The summed E-state index contributed by atoms with van der Waals surface area (Å²) in [4.78, 5) is 14.7. The number of carbonyl (C=O) groups excluding carboxylic acids is 1. The second-order valence-electron chi connectivity index (χ2n) is 8.39. The van der Waals surface area contributed by atoms with Gasteiger partial charge in [-0.1, -0.05) is 23.4 Å². The normalized spacial score (nSPS) is 17.1. The maximum Gasteiger partial charge on any atom is 0.276 e. The fraction of sp³-hybridized carbons (Fsp3) is 0.333. The third-order valence-electron chi connectivity index (χ3n) is 6.35. The van der Waals surface area contributed by atoms with Gasteiger partial charge in [-0.2, -0.15) is 4.31 Å². The minimum absolute atomic E-state index is 0.0687. The maximum atomic E-state index is 14.0. The predicted octanol–water partition coefficient (Wildman–Crippen LogP) is 3.51. The molecule has 9 heteroatoms. The zero-order valence-electron chi connectivity index (χ0n) is 18.0. The summed E-state index contributed by atoms with van der Waals surface area (Å²) in [5.41, 5.74) is 2.65. The molecule has 5 rings (SSSR count). The second-order valence-corrected chi connectivity index (χ2v) is 10.3. The molecule has 0 radical (unpaired) electrons. The molecule has 0 saturated carbocycles. The van der Waals surface area contributed by atoms with Crippen LogP contribution in [-0.4, -0.2) is 54.9 Å². The third kappa shape index (κ3) is 4.18. The van der Waals surface area contributed by atoms with Crippen molar-refractivity contribution >= 4 is 15.9 Å². The molecular formula is C24H24FN3O4S. The van der Waals surface area contributed by atoms with Gasteiger partial charge in [-0.15, -0.1) is 0 Å². The Morgan fingerprint density at radius 2 is 1.67 bits per heavy atom. The first-order valence-electron chi connectivity index (χ1n) is 11.1. The van der Waals surface area contributed by atoms with E-state index >= 15 is 0 Å². The Hall–Kier alpha value is -3.04. The van der Waals surface area contributed by atoms with E-state index < -0.39 is 15.8 Å². The Morgan fingerprint density at radius 1 is 0.939 bits per heavy atom. The van der Waals surface area contributed by atoms with E-state index in [1.54, 1.807) is 35.2 Å². The summed E-state index contributed by atoms with van der Waals surface area (Å²) < 4.78 is 46.9. The van der Waals surface area contributed by atoms with Crippen molar-refractivity contribution in [3.05, 3.63) is 71.2 Å². The summed E-state index contributed by atoms with van der Waals surface area (Å²) in [5.74, 6) is -0.661. The Balaban J connectivity index is 1.26. The quantitative estimate of drug-likeness (QED) is 0.584. The maximum absolute atomic E-state index is 14.0. The topological polar surface area (TPSA) is 83.7 Å². The first kappa shape index (κ1) is 21.8. The van der Waals surface area contributed by atoms with Crippen LogP contribution in [0.1, 0.15) is 34.5 Å². The first-order valence-corrected chi connectivity index (χ1v) is 12.5. The number of carbonyl (C=O) groups is 1. The lowest BCUT2D eigenvalue weighted by Gasteiger charge is -2.33. The highest BCUT2D eigenvalue weighted by atomic mass is 32.2. The zero-order valence-corrected chi connectivity index (χ0v) is 18.9. The van der Waals surface area contributed by atoms with E-state index in [-0.39, 0.29) is 49.1 Å². The van der Waals surface area contributed by atoms with E-state index in [1.807, 2.05) is 6.07 Å². The molecule has 33 heavy (non-hydrogen) atoms. The van der Waals surface area contributed by atoms with Crippen molar-refractivity contribution in [1.29, 1.82) is 0 Å². The van der Waals surface area contributed by atoms with E-state index in [0.29, 0.717) is 4.90 Å². The number of piperazine rings is 1. The molecule has 1 fully saturated rings. The van der Waals surface area contributed by atoms with Crippen LogP contribution in [0, 0.1) is 5.82 Å². The van der Waals surface area contributed by atoms with Crippen LogP contribution < -0.4 is 0 Å². The van der Waals surface area contributed by atoms with E-state index in [4.69, 9.17) is 4.52 Å². The lowest BCUT2D eigenvalue weighted by atomic mass is 9.92. The van der Waals surface area contributed by atoms with E-state index in [1.165, 1.54) is 22.0 Å². The molecule has 172 valence electrons. The Morgan fingerprint density at radius 3 is 2.42 bits per heavy atom. The molecule has 2 aromatic carbocycles. The molecule has 0 bridgehead atoms. The van der Waals surface area contributed by atoms with Gasteiger partial charge in [0.1, 0.15) is 5.82 Å². The van der Waals surface area contributed by atoms with Crippen molar-refractivity contribution in [3.8, 4) is 11.3 Å². The molecule has 1 aliphatic carbocycles. The lowest BCUT2D eigenvalue weighted by molar-refractivity contribution is 0.0687. The number of aryl methyl sites for hydroxylation is 2. The monoisotopic (exact) mass is 469 g/mol. The molecule has 1 aromatic heterocycles. The number of benzene rings is 2. The smallest absolute Gasteiger partial charge is 0.276 e. The highest BCUT2D eigenvalue weighted by Crippen LogP contribution is 2.27. The van der Waals surface area contributed by atoms with Gasteiger partial charge in [-0.3, -0.25) is 4.79 Å². The Bertz CT molecular complexity index is 1300. The molecule has 1 amide bonds. The molecule has 0 unspecified atom stereocenters. The van der Waals surface area contributed by atoms with Gasteiger partial charge in [0.25, 0.3) is 5.91 Å². The number of halogens is 1. The Labute approximate surface area is 191 Å². The molecule has 0 atom stereocenters. The number of hydrogen-bond acceptors (Lipinski definition) is 5. The van der Waals surface area contributed by atoms with Gasteiger partial charge in [-0.05, 0) is 61.1 Å². The van der Waals surface area contributed by atoms with Crippen LogP contribution in [0.15, 0.2) is 57.9 Å². The van der Waals surface area contributed by atoms with Crippen LogP contribution in [0.25, 0.3) is 11.3 Å². The van der Waals surface area contributed by atoms with Crippen LogP contribution in [0.4, 0.5) is 4.39 Å². The molecular weight excluding hydrogens is 445 g/mol. The largest absolute Gasteiger partial charge is 0.355 e. The number of amides is 1. The third-order valence-corrected chi connectivity index (χ3v) is 8.25. The average molecular weight is 470 g/mol. The lowest BCUT2D eigenvalue weighted by Crippen LogP contribution is -2.50. The van der Waals surface area contributed by atoms with Crippen molar-refractivity contribution < 1.29 is 22.1 Å². The molecule has 7 nitrogen and oxygen atoms in total. The minimum atomic E-state index is -3.63. The summed E-state index contributed by atoms with van der Waals surface area (Å²) in [6, 6.07) is 12.9. The van der Waals surface area contributed by atoms with Gasteiger partial charge in [0.15, 0.2) is 11.5 Å². The van der Waals surface area contributed by atoms with Crippen LogP contribution in [0.3, 0.4) is 0 Å². The molecule has 1 aliphatic heterocycles. The molecule has 0 spiro atoms. The molecule has 1 saturated heterocycles. The number of sulfonamides is 1. The van der Waals surface area contributed by atoms with Crippen molar-refractivity contribution in [3.63, 3.8) is 0 Å². The summed E-state index contributed by atoms with van der Waals surface area (Å²) in [5, 5.41) is 3.80. The molecule has 2 aliphatic rings. The summed E-state index contributed by atoms with van der Waals surface area (Å²) in [6.07, 6.45) is 4.13. The summed E-state index contributed by atoms with van der Waals surface area (Å²) >= 11 is 0. The molecule has 0 N–H and O–H groups in total. The van der Waals surface area contributed by atoms with Crippen LogP contribution in [0.2, 0.25) is 0 Å². The summed E-state index contributed by atoms with van der Waals surface area (Å²) in [6.45, 7) is 0.877. The van der Waals surface area contributed by atoms with Crippen LogP contribution in [-0.2, 0) is 22.9 Å². The number of hydrogen-bond donors (Lipinski definition) is 0. The fourth-order valence-electron chi connectivity index (χ4n) is 4.48. The number of aromatic nitrogens is 1. The van der Waals surface area contributed by atoms with Gasteiger partial charge >= 0.3 is 0 Å². The Kier molecular flexibility index (Phi) is 5.76. The number of rotatable bonds is 4. The van der Waals surface area contributed by atoms with Gasteiger partial charge in [0.05, 0.1) is 10.5 Å². The van der Waals surface area contributed by atoms with Gasteiger partial charge in [0.2, 0.25) is 10.0 Å². The highest BCUT2D eigenvalue weighted by molar-refractivity contribution is 7.89. The van der Waals surface area contributed by atoms with E-state index in [0.717, 1.165) is 31.2 Å². The van der Waals surface area contributed by atoms with Gasteiger partial charge in [-0.25, -0.2) is 12.8 Å². The van der Waals surface area contributed by atoms with Crippen molar-refractivity contribution in [2.75, 3.05) is 26.2 Å². The standard InChI is InChI=1S/C24H24FN3O4S/c25-21-8-4-3-7-20(21)23-16-22(26-32-23)24(29)27-11-13-28(14-12-27)33(30,31)19-10-9-17-5-1-2-6-18(17)15-19/h3-4,7-10,15-16H,1-2,5-6,11-14H2. The predicted molar refractivity (Wildman–Crippen MR) is 120 cm³/mol. The molecule has 2 heterocycles. The first-order chi connectivity index (χ1) is 15.9. The highest BCUT2D eigenvalue weighted by Gasteiger charge is 2.32. The average Bonchev–Trinajstić information content (AvgIpc) is 3.33. The molecule has 3 aromatic rings.